The average molecular weight is 413 g/mol. The predicted octanol–water partition coefficient (Wildman–Crippen LogP) is 2.69. The Morgan fingerprint density at radius 3 is 2.38 bits per heavy atom. The predicted molar refractivity (Wildman–Crippen MR) is 117 cm³/mol. The Balaban J connectivity index is 1.52. The molecule has 2 N–H and O–H groups in total. The second kappa shape index (κ2) is 8.85. The van der Waals surface area contributed by atoms with Gasteiger partial charge in [-0.2, -0.15) is 5.26 Å². The molecule has 2 aromatic carbocycles. The number of hydrogen-bond donors (Lipinski definition) is 1. The number of nitrogens with zero attached hydrogens (tertiary/aromatic N) is 3. The molecule has 6 nitrogen and oxygen atoms in total. The highest BCUT2D eigenvalue weighted by atomic mass is 32.2. The number of hydrogen-bond acceptors (Lipinski definition) is 6. The zero-order chi connectivity index (χ0) is 21.0. The highest BCUT2D eigenvalue weighted by molar-refractivity contribution is 7.90. The molecule has 0 unspecified atom stereocenters. The molecule has 29 heavy (non-hydrogen) atoms. The summed E-state index contributed by atoms with van der Waals surface area (Å²) in [6.45, 7) is 2.86. The summed E-state index contributed by atoms with van der Waals surface area (Å²) in [7, 11) is -1.09. The number of nitrogens with two attached hydrogens (primary N) is 1. The SMILES string of the molecule is CN(CCc1ccc(S(C)(=O)=O)cc1N)C1CCN(c2ccc(C#N)cc2)CC1. The van der Waals surface area contributed by atoms with Gasteiger partial charge in [0.1, 0.15) is 0 Å². The van der Waals surface area contributed by atoms with Gasteiger partial charge >= 0.3 is 0 Å². The van der Waals surface area contributed by atoms with Gasteiger partial charge in [0.15, 0.2) is 9.84 Å². The molecule has 0 bridgehead atoms. The topological polar surface area (TPSA) is 90.4 Å². The first-order valence-corrected chi connectivity index (χ1v) is 11.7. The van der Waals surface area contributed by atoms with Gasteiger partial charge < -0.3 is 15.5 Å². The van der Waals surface area contributed by atoms with E-state index in [0.717, 1.165) is 44.5 Å². The normalized spacial score (nSPS) is 15.4. The van der Waals surface area contributed by atoms with Crippen LogP contribution >= 0.6 is 0 Å². The van der Waals surface area contributed by atoms with Crippen LogP contribution in [0, 0.1) is 11.3 Å². The molecule has 7 heteroatoms. The minimum atomic E-state index is -3.23. The Kier molecular flexibility index (Phi) is 6.46. The van der Waals surface area contributed by atoms with Crippen LogP contribution < -0.4 is 10.6 Å². The third-order valence-corrected chi connectivity index (χ3v) is 6.84. The number of rotatable bonds is 6. The Morgan fingerprint density at radius 2 is 1.83 bits per heavy atom. The van der Waals surface area contributed by atoms with Crippen molar-refractivity contribution in [2.45, 2.75) is 30.2 Å². The molecule has 0 saturated carbocycles. The summed E-state index contributed by atoms with van der Waals surface area (Å²) < 4.78 is 23.3. The van der Waals surface area contributed by atoms with Gasteiger partial charge in [0.05, 0.1) is 16.5 Å². The first kappa shape index (κ1) is 21.2. The van der Waals surface area contributed by atoms with Gasteiger partial charge in [-0.15, -0.1) is 0 Å². The molecular formula is C22H28N4O2S. The lowest BCUT2D eigenvalue weighted by Crippen LogP contribution is -2.44. The van der Waals surface area contributed by atoms with Crippen molar-refractivity contribution in [3.63, 3.8) is 0 Å². The fourth-order valence-corrected chi connectivity index (χ4v) is 4.48. The van der Waals surface area contributed by atoms with E-state index in [9.17, 15) is 8.42 Å². The molecule has 0 spiro atoms. The lowest BCUT2D eigenvalue weighted by molar-refractivity contribution is 0.210. The quantitative estimate of drug-likeness (QED) is 0.734. The number of anilines is 2. The van der Waals surface area contributed by atoms with Crippen molar-refractivity contribution in [3.05, 3.63) is 53.6 Å². The smallest absolute Gasteiger partial charge is 0.175 e. The summed E-state index contributed by atoms with van der Waals surface area (Å²) in [4.78, 5) is 5.01. The van der Waals surface area contributed by atoms with Crippen LogP contribution in [0.2, 0.25) is 0 Å². The van der Waals surface area contributed by atoms with Gasteiger partial charge in [0, 0.05) is 43.3 Å². The van der Waals surface area contributed by atoms with E-state index in [2.05, 4.69) is 22.9 Å². The van der Waals surface area contributed by atoms with Gasteiger partial charge in [-0.3, -0.25) is 0 Å². The van der Waals surface area contributed by atoms with E-state index in [-0.39, 0.29) is 4.90 Å². The fourth-order valence-electron chi connectivity index (χ4n) is 3.82. The second-order valence-electron chi connectivity index (χ2n) is 7.74. The Bertz CT molecular complexity index is 988. The summed E-state index contributed by atoms with van der Waals surface area (Å²) in [5, 5.41) is 8.93. The molecule has 2 aromatic rings. The van der Waals surface area contributed by atoms with Gasteiger partial charge in [0.2, 0.25) is 0 Å². The summed E-state index contributed by atoms with van der Waals surface area (Å²) >= 11 is 0. The van der Waals surface area contributed by atoms with Crippen molar-refractivity contribution >= 4 is 21.2 Å². The van der Waals surface area contributed by atoms with Gasteiger partial charge in [0.25, 0.3) is 0 Å². The molecule has 0 radical (unpaired) electrons. The van der Waals surface area contributed by atoms with Crippen molar-refractivity contribution in [3.8, 4) is 6.07 Å². The van der Waals surface area contributed by atoms with Crippen LogP contribution in [0.5, 0.6) is 0 Å². The number of likely N-dealkylation sites (N-methyl/N-ethyl adjacent to an activating group) is 1. The van der Waals surface area contributed by atoms with Gasteiger partial charge in [-0.1, -0.05) is 6.07 Å². The molecule has 154 valence electrons. The summed E-state index contributed by atoms with van der Waals surface area (Å²) in [6, 6.07) is 15.5. The van der Waals surface area contributed by atoms with E-state index in [1.807, 2.05) is 30.3 Å². The van der Waals surface area contributed by atoms with Gasteiger partial charge in [-0.05, 0) is 68.3 Å². The molecular weight excluding hydrogens is 384 g/mol. The zero-order valence-electron chi connectivity index (χ0n) is 17.0. The molecule has 0 atom stereocenters. The highest BCUT2D eigenvalue weighted by Crippen LogP contribution is 2.23. The second-order valence-corrected chi connectivity index (χ2v) is 9.76. The Hall–Kier alpha value is -2.56. The van der Waals surface area contributed by atoms with Crippen LogP contribution in [0.15, 0.2) is 47.4 Å². The van der Waals surface area contributed by atoms with E-state index in [0.29, 0.717) is 17.3 Å². The van der Waals surface area contributed by atoms with Crippen LogP contribution in [-0.2, 0) is 16.3 Å². The maximum Gasteiger partial charge on any atom is 0.175 e. The van der Waals surface area contributed by atoms with E-state index in [1.54, 1.807) is 12.1 Å². The van der Waals surface area contributed by atoms with E-state index < -0.39 is 9.84 Å². The molecule has 1 fully saturated rings. The fraction of sp³-hybridized carbons (Fsp3) is 0.409. The molecule has 3 rings (SSSR count). The van der Waals surface area contributed by atoms with Crippen LogP contribution in [0.1, 0.15) is 24.0 Å². The summed E-state index contributed by atoms with van der Waals surface area (Å²) in [5.41, 5.74) is 9.46. The number of sulfone groups is 1. The van der Waals surface area contributed by atoms with E-state index in [4.69, 9.17) is 11.0 Å². The maximum atomic E-state index is 11.6. The first-order chi connectivity index (χ1) is 13.8. The third-order valence-electron chi connectivity index (χ3n) is 5.73. The minimum absolute atomic E-state index is 0.266. The van der Waals surface area contributed by atoms with Crippen LogP contribution in [0.3, 0.4) is 0 Å². The van der Waals surface area contributed by atoms with Gasteiger partial charge in [-0.25, -0.2) is 8.42 Å². The third kappa shape index (κ3) is 5.28. The molecule has 1 heterocycles. The molecule has 1 saturated heterocycles. The maximum absolute atomic E-state index is 11.6. The van der Waals surface area contributed by atoms with E-state index >= 15 is 0 Å². The Morgan fingerprint density at radius 1 is 1.17 bits per heavy atom. The minimum Gasteiger partial charge on any atom is -0.398 e. The average Bonchev–Trinajstić information content (AvgIpc) is 2.72. The molecule has 0 aliphatic carbocycles. The standard InChI is InChI=1S/C22H28N4O2S/c1-25(12-9-18-5-8-21(15-22(18)24)29(2,27)28)19-10-13-26(14-11-19)20-6-3-17(16-23)4-7-20/h3-8,15,19H,9-14,24H2,1-2H3. The number of nitrogen functional groups attached to an aromatic ring is 1. The molecule has 0 amide bonds. The number of nitriles is 1. The van der Waals surface area contributed by atoms with Crippen molar-refractivity contribution in [1.82, 2.24) is 4.90 Å². The largest absolute Gasteiger partial charge is 0.398 e. The lowest BCUT2D eigenvalue weighted by Gasteiger charge is -2.38. The van der Waals surface area contributed by atoms with Crippen molar-refractivity contribution in [1.29, 1.82) is 5.26 Å². The van der Waals surface area contributed by atoms with Crippen LogP contribution in [0.4, 0.5) is 11.4 Å². The van der Waals surface area contributed by atoms with E-state index in [1.165, 1.54) is 11.9 Å². The summed E-state index contributed by atoms with van der Waals surface area (Å²) in [5.74, 6) is 0. The van der Waals surface area contributed by atoms with Crippen molar-refractivity contribution in [2.75, 3.05) is 43.6 Å². The van der Waals surface area contributed by atoms with Crippen LogP contribution in [0.25, 0.3) is 0 Å². The Labute approximate surface area is 173 Å². The molecule has 1 aliphatic rings. The molecule has 1 aliphatic heterocycles. The van der Waals surface area contributed by atoms with Crippen molar-refractivity contribution in [2.24, 2.45) is 0 Å². The first-order valence-electron chi connectivity index (χ1n) is 9.82. The van der Waals surface area contributed by atoms with Crippen molar-refractivity contribution < 1.29 is 8.42 Å². The lowest BCUT2D eigenvalue weighted by atomic mass is 10.0. The van der Waals surface area contributed by atoms with Crippen LogP contribution in [-0.4, -0.2) is 52.3 Å². The highest BCUT2D eigenvalue weighted by Gasteiger charge is 2.22. The molecule has 0 aromatic heterocycles. The number of benzene rings is 2. The zero-order valence-corrected chi connectivity index (χ0v) is 17.8. The summed E-state index contributed by atoms with van der Waals surface area (Å²) in [6.07, 6.45) is 4.15. The number of piperidine rings is 1. The monoisotopic (exact) mass is 412 g/mol.